The summed E-state index contributed by atoms with van der Waals surface area (Å²) in [4.78, 5) is 11.1. The lowest BCUT2D eigenvalue weighted by Gasteiger charge is -2.39. The molecule has 3 aromatic heterocycles. The standard InChI is InChI=1S/C19H18N6O/c1-2-5-14(6-3-1)12-25-19-17(22-23-25)18(20-13-21-19)24-10-15(11-24)9-16-7-4-8-26-16/h1-8,13,15H,9-12H2. The minimum atomic E-state index is 0.575. The number of benzene rings is 1. The summed E-state index contributed by atoms with van der Waals surface area (Å²) in [5.74, 6) is 2.48. The first-order valence-electron chi connectivity index (χ1n) is 8.72. The summed E-state index contributed by atoms with van der Waals surface area (Å²) in [7, 11) is 0. The highest BCUT2D eigenvalue weighted by Crippen LogP contribution is 2.29. The van der Waals surface area contributed by atoms with Crippen LogP contribution in [0.5, 0.6) is 0 Å². The fraction of sp³-hybridized carbons (Fsp3) is 0.263. The molecule has 0 radical (unpaired) electrons. The van der Waals surface area contributed by atoms with Crippen LogP contribution in [0.25, 0.3) is 11.2 Å². The predicted octanol–water partition coefficient (Wildman–Crippen LogP) is 2.54. The maximum Gasteiger partial charge on any atom is 0.184 e. The molecule has 1 aliphatic rings. The van der Waals surface area contributed by atoms with Gasteiger partial charge in [-0.1, -0.05) is 35.5 Å². The van der Waals surface area contributed by atoms with Gasteiger partial charge in [-0.3, -0.25) is 0 Å². The van der Waals surface area contributed by atoms with Crippen molar-refractivity contribution in [2.75, 3.05) is 18.0 Å². The number of rotatable bonds is 5. The van der Waals surface area contributed by atoms with E-state index >= 15 is 0 Å². The van der Waals surface area contributed by atoms with Gasteiger partial charge in [0.2, 0.25) is 0 Å². The Bertz CT molecular complexity index is 1010. The third-order valence-corrected chi connectivity index (χ3v) is 4.78. The lowest BCUT2D eigenvalue weighted by molar-refractivity contribution is 0.369. The van der Waals surface area contributed by atoms with Crippen LogP contribution in [0, 0.1) is 5.92 Å². The van der Waals surface area contributed by atoms with E-state index in [0.717, 1.165) is 42.3 Å². The zero-order valence-corrected chi connectivity index (χ0v) is 14.2. The van der Waals surface area contributed by atoms with Gasteiger partial charge in [-0.2, -0.15) is 0 Å². The normalized spacial score (nSPS) is 14.7. The van der Waals surface area contributed by atoms with Crippen LogP contribution >= 0.6 is 0 Å². The fourth-order valence-corrected chi connectivity index (χ4v) is 3.46. The summed E-state index contributed by atoms with van der Waals surface area (Å²) in [5, 5.41) is 8.64. The van der Waals surface area contributed by atoms with Gasteiger partial charge in [0.25, 0.3) is 0 Å². The van der Waals surface area contributed by atoms with Crippen molar-refractivity contribution in [3.63, 3.8) is 0 Å². The lowest BCUT2D eigenvalue weighted by atomic mass is 9.95. The highest BCUT2D eigenvalue weighted by atomic mass is 16.3. The van der Waals surface area contributed by atoms with Crippen molar-refractivity contribution in [3.8, 4) is 0 Å². The minimum absolute atomic E-state index is 0.575. The zero-order chi connectivity index (χ0) is 17.3. The van der Waals surface area contributed by atoms with Crippen LogP contribution in [0.1, 0.15) is 11.3 Å². The molecule has 1 fully saturated rings. The Labute approximate surface area is 150 Å². The molecular weight excluding hydrogens is 328 g/mol. The van der Waals surface area contributed by atoms with Crippen LogP contribution in [0.3, 0.4) is 0 Å². The van der Waals surface area contributed by atoms with E-state index in [1.165, 1.54) is 5.56 Å². The number of aromatic nitrogens is 5. The maximum atomic E-state index is 5.44. The highest BCUT2D eigenvalue weighted by Gasteiger charge is 2.30. The largest absolute Gasteiger partial charge is 0.469 e. The topological polar surface area (TPSA) is 72.9 Å². The van der Waals surface area contributed by atoms with E-state index in [2.05, 4.69) is 37.3 Å². The van der Waals surface area contributed by atoms with Crippen LogP contribution in [0.2, 0.25) is 0 Å². The molecule has 0 atom stereocenters. The van der Waals surface area contributed by atoms with E-state index in [4.69, 9.17) is 4.42 Å². The number of anilines is 1. The fourth-order valence-electron chi connectivity index (χ4n) is 3.46. The number of fused-ring (bicyclic) bond motifs is 1. The van der Waals surface area contributed by atoms with Crippen molar-refractivity contribution < 1.29 is 4.42 Å². The predicted molar refractivity (Wildman–Crippen MR) is 96.8 cm³/mol. The van der Waals surface area contributed by atoms with Gasteiger partial charge >= 0.3 is 0 Å². The summed E-state index contributed by atoms with van der Waals surface area (Å²) in [5.41, 5.74) is 2.70. The summed E-state index contributed by atoms with van der Waals surface area (Å²) < 4.78 is 7.27. The molecule has 4 aromatic rings. The average molecular weight is 346 g/mol. The lowest BCUT2D eigenvalue weighted by Crippen LogP contribution is -2.48. The van der Waals surface area contributed by atoms with Gasteiger partial charge in [0.05, 0.1) is 12.8 Å². The van der Waals surface area contributed by atoms with E-state index in [1.54, 1.807) is 12.6 Å². The molecule has 4 heterocycles. The Hall–Kier alpha value is -3.22. The molecule has 7 nitrogen and oxygen atoms in total. The molecule has 0 saturated carbocycles. The second-order valence-electron chi connectivity index (χ2n) is 6.66. The Balaban J connectivity index is 1.35. The highest BCUT2D eigenvalue weighted by molar-refractivity contribution is 5.83. The summed E-state index contributed by atoms with van der Waals surface area (Å²) in [6.45, 7) is 2.53. The second kappa shape index (κ2) is 6.25. The molecule has 5 rings (SSSR count). The summed E-state index contributed by atoms with van der Waals surface area (Å²) in [6, 6.07) is 14.2. The Morgan fingerprint density at radius 2 is 1.92 bits per heavy atom. The third-order valence-electron chi connectivity index (χ3n) is 4.78. The molecule has 0 spiro atoms. The molecule has 0 unspecified atom stereocenters. The van der Waals surface area contributed by atoms with E-state index in [9.17, 15) is 0 Å². The van der Waals surface area contributed by atoms with Gasteiger partial charge < -0.3 is 9.32 Å². The average Bonchev–Trinajstić information content (AvgIpc) is 3.29. The maximum absolute atomic E-state index is 5.44. The van der Waals surface area contributed by atoms with Gasteiger partial charge in [-0.25, -0.2) is 14.6 Å². The molecular formula is C19H18N6O. The van der Waals surface area contributed by atoms with E-state index in [1.807, 2.05) is 35.0 Å². The zero-order valence-electron chi connectivity index (χ0n) is 14.2. The van der Waals surface area contributed by atoms with Gasteiger partial charge in [-0.05, 0) is 17.7 Å². The van der Waals surface area contributed by atoms with Gasteiger partial charge in [0.15, 0.2) is 17.0 Å². The Morgan fingerprint density at radius 1 is 1.04 bits per heavy atom. The monoisotopic (exact) mass is 346 g/mol. The van der Waals surface area contributed by atoms with Crippen molar-refractivity contribution in [3.05, 3.63) is 66.4 Å². The molecule has 1 aromatic carbocycles. The van der Waals surface area contributed by atoms with Crippen molar-refractivity contribution >= 4 is 17.0 Å². The molecule has 7 heteroatoms. The van der Waals surface area contributed by atoms with Crippen LogP contribution in [-0.2, 0) is 13.0 Å². The molecule has 130 valence electrons. The summed E-state index contributed by atoms with van der Waals surface area (Å²) in [6.07, 6.45) is 4.28. The summed E-state index contributed by atoms with van der Waals surface area (Å²) >= 11 is 0. The molecule has 0 amide bonds. The van der Waals surface area contributed by atoms with E-state index in [-0.39, 0.29) is 0 Å². The van der Waals surface area contributed by atoms with Crippen LogP contribution < -0.4 is 4.90 Å². The SMILES string of the molecule is c1ccc(Cn2nnc3c(N4CC(Cc5ccco5)C4)ncnc32)cc1. The van der Waals surface area contributed by atoms with Crippen LogP contribution in [-0.4, -0.2) is 38.1 Å². The van der Waals surface area contributed by atoms with Crippen molar-refractivity contribution in [2.45, 2.75) is 13.0 Å². The molecule has 0 N–H and O–H groups in total. The number of furan rings is 1. The first-order chi connectivity index (χ1) is 12.9. The molecule has 26 heavy (non-hydrogen) atoms. The Morgan fingerprint density at radius 3 is 2.73 bits per heavy atom. The first kappa shape index (κ1) is 15.1. The van der Waals surface area contributed by atoms with Gasteiger partial charge in [-0.15, -0.1) is 5.10 Å². The minimum Gasteiger partial charge on any atom is -0.469 e. The molecule has 0 aliphatic carbocycles. The number of nitrogens with zero attached hydrogens (tertiary/aromatic N) is 6. The van der Waals surface area contributed by atoms with Crippen LogP contribution in [0.15, 0.2) is 59.5 Å². The third kappa shape index (κ3) is 2.71. The second-order valence-corrected chi connectivity index (χ2v) is 6.66. The van der Waals surface area contributed by atoms with Crippen LogP contribution in [0.4, 0.5) is 5.82 Å². The molecule has 0 bridgehead atoms. The van der Waals surface area contributed by atoms with Crippen molar-refractivity contribution in [1.82, 2.24) is 25.0 Å². The number of hydrogen-bond donors (Lipinski definition) is 0. The quantitative estimate of drug-likeness (QED) is 0.553. The van der Waals surface area contributed by atoms with Crippen molar-refractivity contribution in [2.24, 2.45) is 5.92 Å². The van der Waals surface area contributed by atoms with Crippen molar-refractivity contribution in [1.29, 1.82) is 0 Å². The Kier molecular flexibility index (Phi) is 3.62. The van der Waals surface area contributed by atoms with Gasteiger partial charge in [0, 0.05) is 25.4 Å². The van der Waals surface area contributed by atoms with Gasteiger partial charge in [0.1, 0.15) is 12.1 Å². The van der Waals surface area contributed by atoms with E-state index < -0.39 is 0 Å². The smallest absolute Gasteiger partial charge is 0.184 e. The van der Waals surface area contributed by atoms with E-state index in [0.29, 0.717) is 12.5 Å². The molecule has 1 saturated heterocycles. The molecule has 1 aliphatic heterocycles. The first-order valence-corrected chi connectivity index (χ1v) is 8.72. The number of hydrogen-bond acceptors (Lipinski definition) is 6.